The topological polar surface area (TPSA) is 12.0 Å². The van der Waals surface area contributed by atoms with E-state index in [0.29, 0.717) is 16.5 Å². The molecule has 0 spiro atoms. The summed E-state index contributed by atoms with van der Waals surface area (Å²) in [6.07, 6.45) is 0.498. The van der Waals surface area contributed by atoms with Crippen LogP contribution in [0.25, 0.3) is 0 Å². The van der Waals surface area contributed by atoms with E-state index in [1.807, 2.05) is 0 Å². The van der Waals surface area contributed by atoms with Gasteiger partial charge in [-0.1, -0.05) is 6.07 Å². The summed E-state index contributed by atoms with van der Waals surface area (Å²) < 4.78 is 40.1. The van der Waals surface area contributed by atoms with Crippen molar-refractivity contribution in [2.24, 2.45) is 0 Å². The highest BCUT2D eigenvalue weighted by molar-refractivity contribution is 9.10. The Morgan fingerprint density at radius 3 is 2.25 bits per heavy atom. The summed E-state index contributed by atoms with van der Waals surface area (Å²) in [4.78, 5) is 0. The zero-order valence-corrected chi connectivity index (χ0v) is 12.3. The van der Waals surface area contributed by atoms with Crippen LogP contribution in [0.1, 0.15) is 17.2 Å². The lowest BCUT2D eigenvalue weighted by molar-refractivity contribution is 0.550. The first-order chi connectivity index (χ1) is 9.49. The number of rotatable bonds is 4. The van der Waals surface area contributed by atoms with Gasteiger partial charge in [0.1, 0.15) is 17.5 Å². The number of likely N-dealkylation sites (N-methyl/N-ethyl adjacent to an activating group) is 1. The largest absolute Gasteiger partial charge is 0.313 e. The Morgan fingerprint density at radius 2 is 1.70 bits per heavy atom. The minimum Gasteiger partial charge on any atom is -0.313 e. The van der Waals surface area contributed by atoms with Gasteiger partial charge in [-0.3, -0.25) is 0 Å². The first-order valence-corrected chi connectivity index (χ1v) is 6.86. The standard InChI is InChI=1S/C15H13BrF3N/c1-20-15(10-6-11(17)8-12(18)7-10)5-9-2-3-14(19)13(16)4-9/h2-4,6-8,15,20H,5H2,1H3. The van der Waals surface area contributed by atoms with E-state index in [1.165, 1.54) is 18.2 Å². The predicted octanol–water partition coefficient (Wildman–Crippen LogP) is 4.37. The number of benzene rings is 2. The zero-order valence-electron chi connectivity index (χ0n) is 10.8. The van der Waals surface area contributed by atoms with Gasteiger partial charge in [0.2, 0.25) is 0 Å². The van der Waals surface area contributed by atoms with Crippen LogP contribution in [0.3, 0.4) is 0 Å². The van der Waals surface area contributed by atoms with Crippen LogP contribution in [0.5, 0.6) is 0 Å². The fourth-order valence-electron chi connectivity index (χ4n) is 2.07. The Labute approximate surface area is 123 Å². The second kappa shape index (κ2) is 6.41. The molecule has 106 valence electrons. The average molecular weight is 344 g/mol. The monoisotopic (exact) mass is 343 g/mol. The predicted molar refractivity (Wildman–Crippen MR) is 76.0 cm³/mol. The summed E-state index contributed by atoms with van der Waals surface area (Å²) in [7, 11) is 1.71. The maximum absolute atomic E-state index is 13.3. The van der Waals surface area contributed by atoms with Crippen LogP contribution in [0.4, 0.5) is 13.2 Å². The van der Waals surface area contributed by atoms with Crippen LogP contribution in [-0.2, 0) is 6.42 Å². The van der Waals surface area contributed by atoms with E-state index < -0.39 is 11.6 Å². The fourth-order valence-corrected chi connectivity index (χ4v) is 2.49. The van der Waals surface area contributed by atoms with Crippen molar-refractivity contribution in [3.8, 4) is 0 Å². The van der Waals surface area contributed by atoms with Crippen LogP contribution in [0.15, 0.2) is 40.9 Å². The third-order valence-corrected chi connectivity index (χ3v) is 3.67. The molecule has 0 radical (unpaired) electrons. The van der Waals surface area contributed by atoms with E-state index >= 15 is 0 Å². The molecule has 0 saturated carbocycles. The second-order valence-electron chi connectivity index (χ2n) is 4.50. The summed E-state index contributed by atoms with van der Waals surface area (Å²) >= 11 is 3.12. The van der Waals surface area contributed by atoms with Crippen molar-refractivity contribution < 1.29 is 13.2 Å². The Bertz CT molecular complexity index is 596. The lowest BCUT2D eigenvalue weighted by atomic mass is 9.99. The van der Waals surface area contributed by atoms with E-state index in [1.54, 1.807) is 19.2 Å². The molecule has 2 aromatic rings. The number of hydrogen-bond acceptors (Lipinski definition) is 1. The molecule has 20 heavy (non-hydrogen) atoms. The van der Waals surface area contributed by atoms with Gasteiger partial charge < -0.3 is 5.32 Å². The van der Waals surface area contributed by atoms with Crippen molar-refractivity contribution in [2.45, 2.75) is 12.5 Å². The molecule has 0 saturated heterocycles. The molecule has 0 bridgehead atoms. The van der Waals surface area contributed by atoms with Gasteiger partial charge >= 0.3 is 0 Å². The maximum Gasteiger partial charge on any atom is 0.137 e. The zero-order chi connectivity index (χ0) is 14.7. The van der Waals surface area contributed by atoms with E-state index in [0.717, 1.165) is 11.6 Å². The molecule has 0 fully saturated rings. The summed E-state index contributed by atoms with van der Waals surface area (Å²) in [5, 5.41) is 3.01. The Morgan fingerprint density at radius 1 is 1.05 bits per heavy atom. The molecule has 1 atom stereocenters. The van der Waals surface area contributed by atoms with Gasteiger partial charge in [-0.15, -0.1) is 0 Å². The summed E-state index contributed by atoms with van der Waals surface area (Å²) in [5.41, 5.74) is 1.38. The second-order valence-corrected chi connectivity index (χ2v) is 5.35. The van der Waals surface area contributed by atoms with Crippen LogP contribution in [0.2, 0.25) is 0 Å². The molecule has 2 aromatic carbocycles. The highest BCUT2D eigenvalue weighted by Gasteiger charge is 2.13. The molecule has 1 N–H and O–H groups in total. The van der Waals surface area contributed by atoms with Crippen LogP contribution in [-0.4, -0.2) is 7.05 Å². The molecule has 0 aliphatic rings. The highest BCUT2D eigenvalue weighted by Crippen LogP contribution is 2.23. The lowest BCUT2D eigenvalue weighted by Gasteiger charge is -2.17. The molecule has 0 aliphatic heterocycles. The van der Waals surface area contributed by atoms with Crippen molar-refractivity contribution in [3.05, 3.63) is 69.4 Å². The SMILES string of the molecule is CNC(Cc1ccc(F)c(Br)c1)c1cc(F)cc(F)c1. The minimum absolute atomic E-state index is 0.252. The summed E-state index contributed by atoms with van der Waals surface area (Å²) in [5.74, 6) is -1.56. The molecule has 2 rings (SSSR count). The van der Waals surface area contributed by atoms with Crippen LogP contribution in [0, 0.1) is 17.5 Å². The first kappa shape index (κ1) is 15.1. The number of hydrogen-bond donors (Lipinski definition) is 1. The number of halogens is 4. The fraction of sp³-hybridized carbons (Fsp3) is 0.200. The molecule has 1 nitrogen and oxygen atoms in total. The summed E-state index contributed by atoms with van der Waals surface area (Å²) in [6, 6.07) is 7.85. The molecule has 0 aromatic heterocycles. The van der Waals surface area contributed by atoms with Crippen molar-refractivity contribution in [3.63, 3.8) is 0 Å². The van der Waals surface area contributed by atoms with Gasteiger partial charge in [-0.25, -0.2) is 13.2 Å². The molecule has 0 aliphatic carbocycles. The quantitative estimate of drug-likeness (QED) is 0.869. The third-order valence-electron chi connectivity index (χ3n) is 3.06. The lowest BCUT2D eigenvalue weighted by Crippen LogP contribution is -2.19. The Balaban J connectivity index is 2.26. The van der Waals surface area contributed by atoms with E-state index in [-0.39, 0.29) is 11.9 Å². The van der Waals surface area contributed by atoms with E-state index in [9.17, 15) is 13.2 Å². The molecule has 1 unspecified atom stereocenters. The minimum atomic E-state index is -0.611. The first-order valence-electron chi connectivity index (χ1n) is 6.07. The molecule has 0 heterocycles. The molecule has 5 heteroatoms. The van der Waals surface area contributed by atoms with Gasteiger partial charge in [-0.05, 0) is 64.8 Å². The Kier molecular flexibility index (Phi) is 4.83. The van der Waals surface area contributed by atoms with E-state index in [2.05, 4.69) is 21.2 Å². The smallest absolute Gasteiger partial charge is 0.137 e. The van der Waals surface area contributed by atoms with Gasteiger partial charge in [0.25, 0.3) is 0 Å². The van der Waals surface area contributed by atoms with E-state index in [4.69, 9.17) is 0 Å². The normalized spacial score (nSPS) is 12.4. The molecular weight excluding hydrogens is 331 g/mol. The average Bonchev–Trinajstić information content (AvgIpc) is 2.38. The van der Waals surface area contributed by atoms with Crippen molar-refractivity contribution >= 4 is 15.9 Å². The molecular formula is C15H13BrF3N. The van der Waals surface area contributed by atoms with Gasteiger partial charge in [-0.2, -0.15) is 0 Å². The third kappa shape index (κ3) is 3.61. The van der Waals surface area contributed by atoms with Gasteiger partial charge in [0, 0.05) is 12.1 Å². The van der Waals surface area contributed by atoms with Crippen molar-refractivity contribution in [2.75, 3.05) is 7.05 Å². The van der Waals surface area contributed by atoms with Crippen LogP contribution >= 0.6 is 15.9 Å². The molecule has 0 amide bonds. The number of nitrogens with one attached hydrogen (secondary N) is 1. The maximum atomic E-state index is 13.3. The van der Waals surface area contributed by atoms with Gasteiger partial charge in [0.05, 0.1) is 4.47 Å². The Hall–Kier alpha value is -1.33. The highest BCUT2D eigenvalue weighted by atomic mass is 79.9. The van der Waals surface area contributed by atoms with Gasteiger partial charge in [0.15, 0.2) is 0 Å². The van der Waals surface area contributed by atoms with Crippen molar-refractivity contribution in [1.29, 1.82) is 0 Å². The van der Waals surface area contributed by atoms with Crippen molar-refractivity contribution in [1.82, 2.24) is 5.32 Å². The summed E-state index contributed by atoms with van der Waals surface area (Å²) in [6.45, 7) is 0. The van der Waals surface area contributed by atoms with Crippen LogP contribution < -0.4 is 5.32 Å².